The van der Waals surface area contributed by atoms with E-state index in [-0.39, 0.29) is 36.2 Å². The van der Waals surface area contributed by atoms with E-state index in [0.717, 1.165) is 6.92 Å². The van der Waals surface area contributed by atoms with Gasteiger partial charge in [0, 0.05) is 38.5 Å². The van der Waals surface area contributed by atoms with Gasteiger partial charge in [0.1, 0.15) is 23.9 Å². The SMILES string of the molecule is CC(=O)O[C@H]1C(=O)[C@@]2(C)[C@H]([C@H](OC(=O)c3ccccc3)[C@]3(O)C[C@H](OC(=O)[C@H](O)Cc4ccccc4)C(C)=C1C3(C)C)[C@]1(OC(C)=O)CO[C@@H]1C[C@@H]2O. The number of aliphatic hydroxyl groups is 3. The Balaban J connectivity index is 1.57. The minimum absolute atomic E-state index is 0.0722. The molecule has 1 heterocycles. The van der Waals surface area contributed by atoms with Crippen molar-refractivity contribution in [1.29, 1.82) is 0 Å². The molecule has 4 aliphatic rings. The number of benzene rings is 2. The van der Waals surface area contributed by atoms with Crippen LogP contribution >= 0.6 is 0 Å². The summed E-state index contributed by atoms with van der Waals surface area (Å²) in [5, 5.41) is 36.3. The highest BCUT2D eigenvalue weighted by molar-refractivity contribution is 5.95. The quantitative estimate of drug-likeness (QED) is 0.204. The Morgan fingerprint density at radius 2 is 1.55 bits per heavy atom. The summed E-state index contributed by atoms with van der Waals surface area (Å²) < 4.78 is 29.9. The molecule has 1 saturated heterocycles. The summed E-state index contributed by atoms with van der Waals surface area (Å²) in [4.78, 5) is 68.5. The Kier molecular flexibility index (Phi) is 9.95. The molecule has 1 aliphatic heterocycles. The predicted octanol–water partition coefficient (Wildman–Crippen LogP) is 2.81. The van der Waals surface area contributed by atoms with Crippen molar-refractivity contribution in [3.05, 3.63) is 82.9 Å². The van der Waals surface area contributed by atoms with Crippen molar-refractivity contribution in [3.63, 3.8) is 0 Å². The van der Waals surface area contributed by atoms with Crippen LogP contribution in [0.1, 0.15) is 70.3 Å². The number of aliphatic hydroxyl groups excluding tert-OH is 2. The van der Waals surface area contributed by atoms with Gasteiger partial charge in [-0.1, -0.05) is 62.4 Å². The number of carbonyl (C=O) groups excluding carboxylic acids is 5. The Morgan fingerprint density at radius 3 is 2.11 bits per heavy atom. The van der Waals surface area contributed by atoms with Crippen molar-refractivity contribution < 1.29 is 63.0 Å². The third kappa shape index (κ3) is 6.17. The lowest BCUT2D eigenvalue weighted by Gasteiger charge is -2.67. The van der Waals surface area contributed by atoms with Crippen LogP contribution in [0.4, 0.5) is 0 Å². The zero-order chi connectivity index (χ0) is 38.7. The van der Waals surface area contributed by atoms with Crippen LogP contribution in [-0.2, 0) is 49.3 Å². The van der Waals surface area contributed by atoms with E-state index in [2.05, 4.69) is 0 Å². The highest BCUT2D eigenvalue weighted by atomic mass is 16.6. The monoisotopic (exact) mass is 734 g/mol. The molecule has 0 amide bonds. The van der Waals surface area contributed by atoms with Gasteiger partial charge in [-0.15, -0.1) is 0 Å². The Hall–Kier alpha value is -4.43. The number of rotatable bonds is 8. The first-order valence-corrected chi connectivity index (χ1v) is 17.7. The summed E-state index contributed by atoms with van der Waals surface area (Å²) in [6.07, 6.45) is -9.58. The smallest absolute Gasteiger partial charge is 0.338 e. The molecular weight excluding hydrogens is 688 g/mol. The Morgan fingerprint density at radius 1 is 0.925 bits per heavy atom. The number of hydrogen-bond acceptors (Lipinski definition) is 13. The van der Waals surface area contributed by atoms with Crippen molar-refractivity contribution >= 4 is 29.7 Å². The number of ketones is 1. The maximum absolute atomic E-state index is 15.3. The first-order valence-electron chi connectivity index (χ1n) is 17.7. The molecular formula is C40H46O13. The van der Waals surface area contributed by atoms with Crippen LogP contribution in [0.25, 0.3) is 0 Å². The summed E-state index contributed by atoms with van der Waals surface area (Å²) in [5.41, 5.74) is -6.44. The molecule has 0 spiro atoms. The minimum atomic E-state index is -2.28. The van der Waals surface area contributed by atoms with Crippen molar-refractivity contribution in [3.8, 4) is 0 Å². The molecule has 2 saturated carbocycles. The molecule has 13 nitrogen and oxygen atoms in total. The standard InChI is InChI=1S/C40H46O13/c1-21-27(51-36(47)26(43)17-24-13-9-7-10-14-24)19-40(48)34(52-35(46)25-15-11-8-12-16-25)32-38(6,28(44)18-29-39(32,20-49-29)53-23(3)42)33(45)31(50-22(2)41)30(21)37(40,4)5/h7-16,26-29,31-32,34,43-44,48H,17-20H2,1-6H3/t26-,27+,28+,29-,31-,32+,34+,38-,39+,40-/m1/s1. The summed E-state index contributed by atoms with van der Waals surface area (Å²) in [6.45, 7) is 8.20. The molecule has 53 heavy (non-hydrogen) atoms. The van der Waals surface area contributed by atoms with Gasteiger partial charge < -0.3 is 39.0 Å². The van der Waals surface area contributed by atoms with Gasteiger partial charge in [-0.25, -0.2) is 9.59 Å². The Labute approximate surface area is 307 Å². The molecule has 13 heteroatoms. The number of carbonyl (C=O) groups is 5. The molecule has 6 rings (SSSR count). The van der Waals surface area contributed by atoms with Crippen molar-refractivity contribution in [2.75, 3.05) is 6.61 Å². The number of hydrogen-bond donors (Lipinski definition) is 3. The van der Waals surface area contributed by atoms with Gasteiger partial charge in [-0.05, 0) is 42.7 Å². The second kappa shape index (κ2) is 13.8. The number of ether oxygens (including phenoxy) is 5. The fourth-order valence-corrected chi connectivity index (χ4v) is 9.16. The van der Waals surface area contributed by atoms with E-state index < -0.39 is 101 Å². The largest absolute Gasteiger partial charge is 0.456 e. The number of fused-ring (bicyclic) bond motifs is 5. The highest BCUT2D eigenvalue weighted by Crippen LogP contribution is 2.64. The van der Waals surface area contributed by atoms with E-state index in [9.17, 15) is 34.5 Å². The molecule has 0 aromatic heterocycles. The molecule has 3 aliphatic carbocycles. The molecule has 3 N–H and O–H groups in total. The number of Topliss-reactive ketones (excluding diaryl/α,β-unsaturated/α-hetero) is 1. The first-order chi connectivity index (χ1) is 24.9. The van der Waals surface area contributed by atoms with E-state index >= 15 is 4.79 Å². The average Bonchev–Trinajstić information content (AvgIpc) is 3.10. The lowest BCUT2D eigenvalue weighted by atomic mass is 9.44. The van der Waals surface area contributed by atoms with Crippen molar-refractivity contribution in [2.45, 2.75) is 109 Å². The highest BCUT2D eigenvalue weighted by Gasteiger charge is 2.78. The van der Waals surface area contributed by atoms with Crippen LogP contribution in [-0.4, -0.2) is 99.4 Å². The second-order valence-corrected chi connectivity index (χ2v) is 15.4. The zero-order valence-electron chi connectivity index (χ0n) is 30.6. The van der Waals surface area contributed by atoms with Crippen LogP contribution in [0.2, 0.25) is 0 Å². The molecule has 2 aromatic carbocycles. The fourth-order valence-electron chi connectivity index (χ4n) is 9.16. The first kappa shape index (κ1) is 38.3. The zero-order valence-corrected chi connectivity index (χ0v) is 30.6. The van der Waals surface area contributed by atoms with Crippen molar-refractivity contribution in [1.82, 2.24) is 0 Å². The summed E-state index contributed by atoms with van der Waals surface area (Å²) in [6, 6.07) is 16.7. The summed E-state index contributed by atoms with van der Waals surface area (Å²) >= 11 is 0. The van der Waals surface area contributed by atoms with Gasteiger partial charge >= 0.3 is 23.9 Å². The molecule has 3 fully saturated rings. The maximum atomic E-state index is 15.3. The van der Waals surface area contributed by atoms with Crippen LogP contribution in [0.3, 0.4) is 0 Å². The van der Waals surface area contributed by atoms with E-state index in [0.29, 0.717) is 5.56 Å². The lowest BCUT2D eigenvalue weighted by molar-refractivity contribution is -0.346. The molecule has 2 aromatic rings. The van der Waals surface area contributed by atoms with Crippen LogP contribution in [0.15, 0.2) is 71.8 Å². The third-order valence-electron chi connectivity index (χ3n) is 12.0. The van der Waals surface area contributed by atoms with Crippen molar-refractivity contribution in [2.24, 2.45) is 16.7 Å². The normalized spacial score (nSPS) is 34.8. The van der Waals surface area contributed by atoms with E-state index in [1.165, 1.54) is 26.0 Å². The van der Waals surface area contributed by atoms with Gasteiger partial charge in [0.05, 0.1) is 29.6 Å². The van der Waals surface area contributed by atoms with Gasteiger partial charge in [0.25, 0.3) is 0 Å². The van der Waals surface area contributed by atoms with Gasteiger partial charge in [-0.2, -0.15) is 0 Å². The predicted molar refractivity (Wildman–Crippen MR) is 185 cm³/mol. The molecule has 284 valence electrons. The van der Waals surface area contributed by atoms with Gasteiger partial charge in [0.2, 0.25) is 0 Å². The molecule has 0 radical (unpaired) electrons. The average molecular weight is 735 g/mol. The van der Waals surface area contributed by atoms with Crippen LogP contribution in [0.5, 0.6) is 0 Å². The fraction of sp³-hybridized carbons (Fsp3) is 0.525. The van der Waals surface area contributed by atoms with E-state index in [1.807, 2.05) is 0 Å². The summed E-state index contributed by atoms with van der Waals surface area (Å²) in [5.74, 6) is -5.79. The molecule has 0 unspecified atom stereocenters. The van der Waals surface area contributed by atoms with Crippen LogP contribution in [0, 0.1) is 16.7 Å². The molecule has 2 bridgehead atoms. The summed E-state index contributed by atoms with van der Waals surface area (Å²) in [7, 11) is 0. The maximum Gasteiger partial charge on any atom is 0.338 e. The third-order valence-corrected chi connectivity index (χ3v) is 12.0. The number of esters is 4. The van der Waals surface area contributed by atoms with Gasteiger partial charge in [-0.3, -0.25) is 14.4 Å². The lowest BCUT2D eigenvalue weighted by Crippen LogP contribution is -2.82. The van der Waals surface area contributed by atoms with E-state index in [1.54, 1.807) is 69.3 Å². The Bertz CT molecular complexity index is 1820. The molecule has 10 atom stereocenters. The second-order valence-electron chi connectivity index (χ2n) is 15.4. The topological polar surface area (TPSA) is 192 Å². The van der Waals surface area contributed by atoms with E-state index in [4.69, 9.17) is 23.7 Å². The van der Waals surface area contributed by atoms with Gasteiger partial charge in [0.15, 0.2) is 23.6 Å². The minimum Gasteiger partial charge on any atom is -0.456 e. The van der Waals surface area contributed by atoms with Crippen LogP contribution < -0.4 is 0 Å².